The molecule has 1 unspecified atom stereocenters. The molecule has 0 radical (unpaired) electrons. The topological polar surface area (TPSA) is 70.7 Å². The minimum Gasteiger partial charge on any atom is -0.384 e. The third kappa shape index (κ3) is 4.57. The van der Waals surface area contributed by atoms with Crippen molar-refractivity contribution in [3.8, 4) is 0 Å². The van der Waals surface area contributed by atoms with Crippen LogP contribution in [0.25, 0.3) is 0 Å². The van der Waals surface area contributed by atoms with Gasteiger partial charge in [-0.05, 0) is 32.9 Å². The zero-order valence-corrected chi connectivity index (χ0v) is 14.3. The molecule has 0 saturated carbocycles. The summed E-state index contributed by atoms with van der Waals surface area (Å²) in [4.78, 5) is 25.8. The third-order valence-electron chi connectivity index (χ3n) is 4.72. The summed E-state index contributed by atoms with van der Waals surface area (Å²) in [6.07, 6.45) is 2.36. The number of carbonyl (C=O) groups is 2. The van der Waals surface area contributed by atoms with Gasteiger partial charge in [-0.1, -0.05) is 0 Å². The minimum atomic E-state index is -0.196. The van der Waals surface area contributed by atoms with Crippen LogP contribution in [0.15, 0.2) is 0 Å². The predicted octanol–water partition coefficient (Wildman–Crippen LogP) is 0.409. The number of hydrogen-bond acceptors (Lipinski definition) is 4. The van der Waals surface area contributed by atoms with E-state index in [1.54, 1.807) is 12.0 Å². The van der Waals surface area contributed by atoms with Gasteiger partial charge in [-0.15, -0.1) is 12.4 Å². The first-order valence-electron chi connectivity index (χ1n) is 7.85. The molecule has 0 aliphatic carbocycles. The smallest absolute Gasteiger partial charge is 0.225 e. The molecule has 2 rings (SSSR count). The predicted molar refractivity (Wildman–Crippen MR) is 87.0 cm³/mol. The number of carbonyl (C=O) groups excluding carboxylic acids is 2. The van der Waals surface area contributed by atoms with Crippen LogP contribution in [-0.4, -0.2) is 63.2 Å². The molecule has 0 spiro atoms. The van der Waals surface area contributed by atoms with Crippen LogP contribution in [0.5, 0.6) is 0 Å². The van der Waals surface area contributed by atoms with E-state index < -0.39 is 0 Å². The summed E-state index contributed by atoms with van der Waals surface area (Å²) < 4.78 is 5.35. The van der Waals surface area contributed by atoms with Gasteiger partial charge in [0.05, 0.1) is 12.5 Å². The highest BCUT2D eigenvalue weighted by molar-refractivity contribution is 5.89. The lowest BCUT2D eigenvalue weighted by atomic mass is 9.79. The van der Waals surface area contributed by atoms with Crippen molar-refractivity contribution in [1.29, 1.82) is 0 Å². The fourth-order valence-corrected chi connectivity index (χ4v) is 3.31. The standard InChI is InChI=1S/C15H27N3O3.ClH/c1-3-18-9-12(8-13(18)19)14(20)17-10-15(11-21-2)4-6-16-7-5-15;/h12,16H,3-11H2,1-2H3,(H,17,20);1H. The lowest BCUT2D eigenvalue weighted by Crippen LogP contribution is -2.48. The molecule has 7 heteroatoms. The maximum Gasteiger partial charge on any atom is 0.225 e. The molecule has 22 heavy (non-hydrogen) atoms. The summed E-state index contributed by atoms with van der Waals surface area (Å²) in [5, 5.41) is 6.40. The van der Waals surface area contributed by atoms with Crippen LogP contribution in [0.1, 0.15) is 26.2 Å². The lowest BCUT2D eigenvalue weighted by molar-refractivity contribution is -0.129. The molecule has 2 heterocycles. The van der Waals surface area contributed by atoms with Gasteiger partial charge in [0, 0.05) is 38.6 Å². The van der Waals surface area contributed by atoms with Crippen molar-refractivity contribution < 1.29 is 14.3 Å². The molecular formula is C15H28ClN3O3. The normalized spacial score (nSPS) is 24.0. The van der Waals surface area contributed by atoms with Crippen molar-refractivity contribution in [2.24, 2.45) is 11.3 Å². The van der Waals surface area contributed by atoms with E-state index in [1.807, 2.05) is 6.92 Å². The molecule has 1 atom stereocenters. The van der Waals surface area contributed by atoms with E-state index in [-0.39, 0.29) is 35.6 Å². The Kier molecular flexibility index (Phi) is 7.59. The molecule has 2 aliphatic heterocycles. The van der Waals surface area contributed by atoms with E-state index in [0.29, 0.717) is 32.7 Å². The molecule has 6 nitrogen and oxygen atoms in total. The van der Waals surface area contributed by atoms with Gasteiger partial charge in [-0.3, -0.25) is 9.59 Å². The highest BCUT2D eigenvalue weighted by Gasteiger charge is 2.36. The first-order chi connectivity index (χ1) is 10.1. The zero-order valence-electron chi connectivity index (χ0n) is 13.5. The van der Waals surface area contributed by atoms with Crippen molar-refractivity contribution in [1.82, 2.24) is 15.5 Å². The van der Waals surface area contributed by atoms with Crippen molar-refractivity contribution >= 4 is 24.2 Å². The Morgan fingerprint density at radius 2 is 2.14 bits per heavy atom. The van der Waals surface area contributed by atoms with E-state index >= 15 is 0 Å². The molecule has 0 aromatic rings. The van der Waals surface area contributed by atoms with Gasteiger partial charge in [0.2, 0.25) is 11.8 Å². The Morgan fingerprint density at radius 3 is 2.68 bits per heavy atom. The Hall–Kier alpha value is -0.850. The Bertz CT molecular complexity index is 381. The first kappa shape index (κ1) is 19.2. The molecule has 2 amide bonds. The minimum absolute atomic E-state index is 0. The quantitative estimate of drug-likeness (QED) is 0.738. The van der Waals surface area contributed by atoms with E-state index in [1.165, 1.54) is 0 Å². The highest BCUT2D eigenvalue weighted by atomic mass is 35.5. The molecular weight excluding hydrogens is 306 g/mol. The second-order valence-corrected chi connectivity index (χ2v) is 6.23. The van der Waals surface area contributed by atoms with Crippen molar-refractivity contribution in [3.05, 3.63) is 0 Å². The second kappa shape index (κ2) is 8.70. The maximum absolute atomic E-state index is 12.3. The number of methoxy groups -OCH3 is 1. The molecule has 0 aromatic carbocycles. The number of halogens is 1. The van der Waals surface area contributed by atoms with Gasteiger partial charge >= 0.3 is 0 Å². The molecule has 128 valence electrons. The fraction of sp³-hybridized carbons (Fsp3) is 0.867. The van der Waals surface area contributed by atoms with Gasteiger partial charge < -0.3 is 20.3 Å². The van der Waals surface area contributed by atoms with Crippen molar-refractivity contribution in [2.45, 2.75) is 26.2 Å². The first-order valence-corrected chi connectivity index (χ1v) is 7.85. The third-order valence-corrected chi connectivity index (χ3v) is 4.72. The fourth-order valence-electron chi connectivity index (χ4n) is 3.31. The summed E-state index contributed by atoms with van der Waals surface area (Å²) >= 11 is 0. The highest BCUT2D eigenvalue weighted by Crippen LogP contribution is 2.28. The maximum atomic E-state index is 12.3. The summed E-state index contributed by atoms with van der Waals surface area (Å²) in [5.74, 6) is -0.0989. The molecule has 2 fully saturated rings. The molecule has 2 N–H and O–H groups in total. The summed E-state index contributed by atoms with van der Waals surface area (Å²) in [7, 11) is 1.71. The van der Waals surface area contributed by atoms with Crippen molar-refractivity contribution in [3.63, 3.8) is 0 Å². The molecule has 0 bridgehead atoms. The Balaban J connectivity index is 0.00000242. The van der Waals surface area contributed by atoms with Gasteiger partial charge in [0.15, 0.2) is 0 Å². The number of rotatable bonds is 6. The van der Waals surface area contributed by atoms with E-state index in [2.05, 4.69) is 10.6 Å². The number of nitrogens with one attached hydrogen (secondary N) is 2. The van der Waals surface area contributed by atoms with Gasteiger partial charge in [-0.2, -0.15) is 0 Å². The summed E-state index contributed by atoms with van der Waals surface area (Å²) in [5.41, 5.74) is 0.0305. The Morgan fingerprint density at radius 1 is 1.45 bits per heavy atom. The van der Waals surface area contributed by atoms with E-state index in [9.17, 15) is 9.59 Å². The van der Waals surface area contributed by atoms with E-state index in [0.717, 1.165) is 25.9 Å². The average molecular weight is 334 g/mol. The number of ether oxygens (including phenoxy) is 1. The van der Waals surface area contributed by atoms with E-state index in [4.69, 9.17) is 4.74 Å². The van der Waals surface area contributed by atoms with Crippen LogP contribution in [0.2, 0.25) is 0 Å². The second-order valence-electron chi connectivity index (χ2n) is 6.23. The number of nitrogens with zero attached hydrogens (tertiary/aromatic N) is 1. The summed E-state index contributed by atoms with van der Waals surface area (Å²) in [6, 6.07) is 0. The lowest BCUT2D eigenvalue weighted by Gasteiger charge is -2.37. The zero-order chi connectivity index (χ0) is 15.3. The van der Waals surface area contributed by atoms with Crippen molar-refractivity contribution in [2.75, 3.05) is 46.4 Å². The van der Waals surface area contributed by atoms with Crippen LogP contribution in [0.3, 0.4) is 0 Å². The van der Waals surface area contributed by atoms with Crippen LogP contribution in [0, 0.1) is 11.3 Å². The largest absolute Gasteiger partial charge is 0.384 e. The molecule has 2 saturated heterocycles. The van der Waals surface area contributed by atoms with Crippen LogP contribution >= 0.6 is 12.4 Å². The monoisotopic (exact) mass is 333 g/mol. The number of amides is 2. The number of piperidine rings is 1. The number of likely N-dealkylation sites (tertiary alicyclic amines) is 1. The molecule has 0 aromatic heterocycles. The number of hydrogen-bond donors (Lipinski definition) is 2. The van der Waals surface area contributed by atoms with Crippen LogP contribution in [0.4, 0.5) is 0 Å². The summed E-state index contributed by atoms with van der Waals surface area (Å²) in [6.45, 7) is 6.41. The van der Waals surface area contributed by atoms with Gasteiger partial charge in [0.1, 0.15) is 0 Å². The van der Waals surface area contributed by atoms with Crippen LogP contribution in [-0.2, 0) is 14.3 Å². The average Bonchev–Trinajstić information content (AvgIpc) is 2.87. The van der Waals surface area contributed by atoms with Gasteiger partial charge in [0.25, 0.3) is 0 Å². The molecule has 2 aliphatic rings. The van der Waals surface area contributed by atoms with Gasteiger partial charge in [-0.25, -0.2) is 0 Å². The Labute approximate surface area is 138 Å². The SMILES string of the molecule is CCN1CC(C(=O)NCC2(COC)CCNCC2)CC1=O.Cl. The van der Waals surface area contributed by atoms with Crippen LogP contribution < -0.4 is 10.6 Å².